The number of rotatable bonds is 1. The van der Waals surface area contributed by atoms with Crippen molar-refractivity contribution in [3.63, 3.8) is 0 Å². The van der Waals surface area contributed by atoms with Crippen LogP contribution in [-0.4, -0.2) is 30.2 Å². The van der Waals surface area contributed by atoms with E-state index in [0.29, 0.717) is 32.5 Å². The highest BCUT2D eigenvalue weighted by molar-refractivity contribution is 5.25. The van der Waals surface area contributed by atoms with Crippen molar-refractivity contribution in [1.82, 2.24) is 0 Å². The van der Waals surface area contributed by atoms with Crippen LogP contribution in [0.3, 0.4) is 0 Å². The highest BCUT2D eigenvalue weighted by Gasteiger charge is 2.45. The van der Waals surface area contributed by atoms with Gasteiger partial charge in [-0.1, -0.05) is 0 Å². The third-order valence-corrected chi connectivity index (χ3v) is 3.99. The summed E-state index contributed by atoms with van der Waals surface area (Å²) in [7, 11) is 0. The summed E-state index contributed by atoms with van der Waals surface area (Å²) in [6.07, 6.45) is 0.614. The summed E-state index contributed by atoms with van der Waals surface area (Å²) >= 11 is 0. The molecule has 3 nitrogen and oxygen atoms in total. The number of aliphatic hydroxyl groups excluding tert-OH is 1. The molecule has 0 bridgehead atoms. The van der Waals surface area contributed by atoms with Gasteiger partial charge in [0.1, 0.15) is 11.6 Å². The molecule has 0 radical (unpaired) electrons. The second-order valence-electron chi connectivity index (χ2n) is 5.19. The lowest BCUT2D eigenvalue weighted by atomic mass is 9.78. The molecular formula is C14H16F2O3. The molecule has 19 heavy (non-hydrogen) atoms. The number of hydrogen-bond donors (Lipinski definition) is 1. The van der Waals surface area contributed by atoms with Crippen molar-refractivity contribution in [3.8, 4) is 0 Å². The van der Waals surface area contributed by atoms with Gasteiger partial charge in [0.15, 0.2) is 5.79 Å². The Bertz CT molecular complexity index is 472. The van der Waals surface area contributed by atoms with Gasteiger partial charge in [-0.25, -0.2) is 8.78 Å². The number of ether oxygens (including phenoxy) is 2. The molecule has 1 aromatic carbocycles. The lowest BCUT2D eigenvalue weighted by molar-refractivity contribution is -0.199. The lowest BCUT2D eigenvalue weighted by Crippen LogP contribution is -2.42. The molecule has 1 N–H and O–H groups in total. The molecular weight excluding hydrogens is 254 g/mol. The first-order valence-corrected chi connectivity index (χ1v) is 6.51. The number of benzene rings is 1. The molecule has 1 aromatic rings. The maximum atomic E-state index is 13.8. The molecule has 0 aromatic heterocycles. The fourth-order valence-corrected chi connectivity index (χ4v) is 3.05. The predicted molar refractivity (Wildman–Crippen MR) is 63.6 cm³/mol. The van der Waals surface area contributed by atoms with Crippen LogP contribution in [-0.2, 0) is 9.47 Å². The van der Waals surface area contributed by atoms with Gasteiger partial charge >= 0.3 is 0 Å². The van der Waals surface area contributed by atoms with Gasteiger partial charge in [0.2, 0.25) is 0 Å². The number of aliphatic hydroxyl groups is 1. The smallest absolute Gasteiger partial charge is 0.171 e. The van der Waals surface area contributed by atoms with E-state index in [1.807, 2.05) is 0 Å². The molecule has 3 rings (SSSR count). The summed E-state index contributed by atoms with van der Waals surface area (Å²) in [6.45, 7) is 1.04. The van der Waals surface area contributed by atoms with Crippen molar-refractivity contribution in [1.29, 1.82) is 0 Å². The van der Waals surface area contributed by atoms with E-state index >= 15 is 0 Å². The Hall–Kier alpha value is -1.04. The van der Waals surface area contributed by atoms with Crippen LogP contribution in [0.15, 0.2) is 18.2 Å². The monoisotopic (exact) mass is 270 g/mol. The standard InChI is InChI=1S/C14H16F2O3/c15-9-1-2-12(16)11(7-9)10-3-4-14(8-13(10)17)18-5-6-19-14/h1-2,7,10,13,17H,3-6,8H2. The minimum absolute atomic E-state index is 0.236. The normalized spacial score (nSPS) is 29.8. The first-order chi connectivity index (χ1) is 9.10. The molecule has 1 saturated carbocycles. The van der Waals surface area contributed by atoms with Gasteiger partial charge in [-0.15, -0.1) is 0 Å². The van der Waals surface area contributed by atoms with Crippen LogP contribution < -0.4 is 0 Å². The molecule has 1 saturated heterocycles. The Balaban J connectivity index is 1.81. The van der Waals surface area contributed by atoms with Crippen LogP contribution in [0.4, 0.5) is 8.78 Å². The summed E-state index contributed by atoms with van der Waals surface area (Å²) < 4.78 is 38.1. The zero-order chi connectivity index (χ0) is 13.5. The molecule has 104 valence electrons. The maximum absolute atomic E-state index is 13.8. The zero-order valence-corrected chi connectivity index (χ0v) is 10.4. The molecule has 2 atom stereocenters. The second-order valence-corrected chi connectivity index (χ2v) is 5.19. The van der Waals surface area contributed by atoms with Crippen LogP contribution in [0.5, 0.6) is 0 Å². The molecule has 2 fully saturated rings. The van der Waals surface area contributed by atoms with Crippen LogP contribution in [0.25, 0.3) is 0 Å². The minimum Gasteiger partial charge on any atom is -0.392 e. The lowest BCUT2D eigenvalue weighted by Gasteiger charge is -2.39. The first kappa shape index (κ1) is 13.0. The summed E-state index contributed by atoms with van der Waals surface area (Å²) in [4.78, 5) is 0. The van der Waals surface area contributed by atoms with E-state index < -0.39 is 29.4 Å². The molecule has 0 amide bonds. The Morgan fingerprint density at radius 3 is 2.63 bits per heavy atom. The van der Waals surface area contributed by atoms with E-state index in [-0.39, 0.29) is 5.56 Å². The fourth-order valence-electron chi connectivity index (χ4n) is 3.05. The van der Waals surface area contributed by atoms with E-state index in [9.17, 15) is 13.9 Å². The average molecular weight is 270 g/mol. The van der Waals surface area contributed by atoms with Crippen molar-refractivity contribution >= 4 is 0 Å². The Morgan fingerprint density at radius 1 is 1.21 bits per heavy atom. The Kier molecular flexibility index (Phi) is 3.28. The molecule has 1 heterocycles. The molecule has 1 spiro atoms. The maximum Gasteiger partial charge on any atom is 0.171 e. The molecule has 1 aliphatic carbocycles. The van der Waals surface area contributed by atoms with E-state index in [1.165, 1.54) is 0 Å². The van der Waals surface area contributed by atoms with Crippen LogP contribution in [0.2, 0.25) is 0 Å². The zero-order valence-electron chi connectivity index (χ0n) is 10.4. The summed E-state index contributed by atoms with van der Waals surface area (Å²) in [5, 5.41) is 10.2. The van der Waals surface area contributed by atoms with Gasteiger partial charge in [0.05, 0.1) is 19.3 Å². The van der Waals surface area contributed by atoms with Gasteiger partial charge in [-0.2, -0.15) is 0 Å². The minimum atomic E-state index is -0.789. The fraction of sp³-hybridized carbons (Fsp3) is 0.571. The van der Waals surface area contributed by atoms with Crippen LogP contribution >= 0.6 is 0 Å². The molecule has 1 aliphatic heterocycles. The van der Waals surface area contributed by atoms with Crippen molar-refractivity contribution in [2.75, 3.05) is 13.2 Å². The van der Waals surface area contributed by atoms with Crippen LogP contribution in [0.1, 0.15) is 30.7 Å². The predicted octanol–water partition coefficient (Wildman–Crippen LogP) is 2.34. The van der Waals surface area contributed by atoms with E-state index in [2.05, 4.69) is 0 Å². The highest BCUT2D eigenvalue weighted by atomic mass is 19.1. The second kappa shape index (κ2) is 4.81. The first-order valence-electron chi connectivity index (χ1n) is 6.51. The number of hydrogen-bond acceptors (Lipinski definition) is 3. The van der Waals surface area contributed by atoms with E-state index in [0.717, 1.165) is 18.2 Å². The summed E-state index contributed by atoms with van der Waals surface area (Å²) in [5.74, 6) is -2.10. The van der Waals surface area contributed by atoms with Gasteiger partial charge in [-0.05, 0) is 30.2 Å². The summed E-state index contributed by atoms with van der Waals surface area (Å²) in [5.41, 5.74) is 0.236. The summed E-state index contributed by atoms with van der Waals surface area (Å²) in [6, 6.07) is 3.35. The van der Waals surface area contributed by atoms with Gasteiger partial charge in [0.25, 0.3) is 0 Å². The van der Waals surface area contributed by atoms with Gasteiger partial charge < -0.3 is 14.6 Å². The average Bonchev–Trinajstić information content (AvgIpc) is 2.81. The SMILES string of the molecule is OC1CC2(CCC1c1cc(F)ccc1F)OCCO2. The molecule has 5 heteroatoms. The van der Waals surface area contributed by atoms with Crippen molar-refractivity contribution in [3.05, 3.63) is 35.4 Å². The largest absolute Gasteiger partial charge is 0.392 e. The quantitative estimate of drug-likeness (QED) is 0.851. The van der Waals surface area contributed by atoms with E-state index in [4.69, 9.17) is 9.47 Å². The van der Waals surface area contributed by atoms with Crippen LogP contribution in [0, 0.1) is 11.6 Å². The van der Waals surface area contributed by atoms with E-state index in [1.54, 1.807) is 0 Å². The third kappa shape index (κ3) is 2.38. The van der Waals surface area contributed by atoms with Crippen molar-refractivity contribution in [2.24, 2.45) is 0 Å². The Labute approximate surface area is 110 Å². The highest BCUT2D eigenvalue weighted by Crippen LogP contribution is 2.43. The number of halogens is 2. The Morgan fingerprint density at radius 2 is 1.95 bits per heavy atom. The molecule has 2 aliphatic rings. The van der Waals surface area contributed by atoms with Crippen molar-refractivity contribution in [2.45, 2.75) is 37.1 Å². The van der Waals surface area contributed by atoms with Gasteiger partial charge in [-0.3, -0.25) is 0 Å². The van der Waals surface area contributed by atoms with Gasteiger partial charge in [0, 0.05) is 18.8 Å². The third-order valence-electron chi connectivity index (χ3n) is 3.99. The topological polar surface area (TPSA) is 38.7 Å². The molecule has 2 unspecified atom stereocenters. The van der Waals surface area contributed by atoms with Crippen molar-refractivity contribution < 1.29 is 23.4 Å².